The minimum absolute atomic E-state index is 0.0177. The molecule has 0 bridgehead atoms. The van der Waals surface area contributed by atoms with Gasteiger partial charge in [0, 0.05) is 13.1 Å². The van der Waals surface area contributed by atoms with Gasteiger partial charge in [0.05, 0.1) is 23.6 Å². The maximum atomic E-state index is 12.4. The lowest BCUT2D eigenvalue weighted by Crippen LogP contribution is -2.61. The molecule has 0 spiro atoms. The summed E-state index contributed by atoms with van der Waals surface area (Å²) in [5.74, 6) is -0.589. The lowest BCUT2D eigenvalue weighted by Gasteiger charge is -2.37. The highest BCUT2D eigenvalue weighted by molar-refractivity contribution is 7.89. The number of carbonyl (C=O) groups is 2. The number of urea groups is 1. The Balaban J connectivity index is 2.23. The van der Waals surface area contributed by atoms with Gasteiger partial charge in [-0.25, -0.2) is 13.2 Å². The van der Waals surface area contributed by atoms with Crippen LogP contribution in [0.5, 0.6) is 5.75 Å². The molecule has 10 heteroatoms. The number of rotatable bonds is 5. The predicted molar refractivity (Wildman–Crippen MR) is 76.8 cm³/mol. The molecule has 5 N–H and O–H groups in total. The van der Waals surface area contributed by atoms with Gasteiger partial charge in [0.2, 0.25) is 10.0 Å². The summed E-state index contributed by atoms with van der Waals surface area (Å²) in [6.07, 6.45) is 0. The van der Waals surface area contributed by atoms with Gasteiger partial charge >= 0.3 is 6.03 Å². The van der Waals surface area contributed by atoms with Crippen LogP contribution in [0.3, 0.4) is 0 Å². The first kappa shape index (κ1) is 16.0. The Morgan fingerprint density at radius 3 is 2.45 bits per heavy atom. The van der Waals surface area contributed by atoms with E-state index in [1.807, 2.05) is 0 Å². The van der Waals surface area contributed by atoms with Crippen molar-refractivity contribution >= 4 is 22.0 Å². The molecule has 2 rings (SSSR count). The van der Waals surface area contributed by atoms with Crippen molar-refractivity contribution in [2.24, 2.45) is 11.5 Å². The van der Waals surface area contributed by atoms with Crippen LogP contribution < -0.4 is 21.5 Å². The van der Waals surface area contributed by atoms with Crippen molar-refractivity contribution in [3.63, 3.8) is 0 Å². The van der Waals surface area contributed by atoms with Crippen molar-refractivity contribution < 1.29 is 22.7 Å². The molecule has 9 nitrogen and oxygen atoms in total. The Bertz CT molecular complexity index is 712. The number of amides is 3. The first-order chi connectivity index (χ1) is 10.3. The fraction of sp³-hybridized carbons (Fsp3) is 0.333. The van der Waals surface area contributed by atoms with Gasteiger partial charge < -0.3 is 21.5 Å². The number of primary amides is 2. The number of nitrogens with one attached hydrogen (secondary N) is 1. The van der Waals surface area contributed by atoms with Crippen LogP contribution in [-0.2, 0) is 10.0 Å². The molecule has 22 heavy (non-hydrogen) atoms. The van der Waals surface area contributed by atoms with E-state index in [0.29, 0.717) is 0 Å². The van der Waals surface area contributed by atoms with E-state index in [2.05, 4.69) is 5.32 Å². The summed E-state index contributed by atoms with van der Waals surface area (Å²) in [5, 5.41) is 2.42. The molecule has 0 radical (unpaired) electrons. The number of methoxy groups -OCH3 is 1. The van der Waals surface area contributed by atoms with Gasteiger partial charge in [-0.3, -0.25) is 4.79 Å². The van der Waals surface area contributed by atoms with Gasteiger partial charge in [-0.2, -0.15) is 4.31 Å². The summed E-state index contributed by atoms with van der Waals surface area (Å²) in [6, 6.07) is 2.84. The molecule has 120 valence electrons. The molecule has 0 saturated carbocycles. The number of hydrogen-bond donors (Lipinski definition) is 3. The predicted octanol–water partition coefficient (Wildman–Crippen LogP) is -1.16. The van der Waals surface area contributed by atoms with Crippen LogP contribution in [0.15, 0.2) is 23.1 Å². The molecular formula is C12H16N4O5S. The van der Waals surface area contributed by atoms with Gasteiger partial charge in [0.25, 0.3) is 5.91 Å². The summed E-state index contributed by atoms with van der Waals surface area (Å²) < 4.78 is 31.0. The van der Waals surface area contributed by atoms with Crippen molar-refractivity contribution in [1.29, 1.82) is 0 Å². The second-order valence-electron chi connectivity index (χ2n) is 4.75. The number of ether oxygens (including phenoxy) is 1. The summed E-state index contributed by atoms with van der Waals surface area (Å²) in [5.41, 5.74) is 10.2. The quantitative estimate of drug-likeness (QED) is 0.624. The van der Waals surface area contributed by atoms with Gasteiger partial charge in [-0.1, -0.05) is 0 Å². The van der Waals surface area contributed by atoms with Crippen molar-refractivity contribution in [3.8, 4) is 5.75 Å². The second kappa shape index (κ2) is 5.81. The van der Waals surface area contributed by atoms with Crippen LogP contribution in [0.1, 0.15) is 10.4 Å². The Labute approximate surface area is 127 Å². The molecule has 1 aliphatic rings. The largest absolute Gasteiger partial charge is 0.496 e. The van der Waals surface area contributed by atoms with Gasteiger partial charge in [-0.05, 0) is 18.2 Å². The van der Waals surface area contributed by atoms with Gasteiger partial charge in [0.1, 0.15) is 5.75 Å². The highest BCUT2D eigenvalue weighted by Gasteiger charge is 2.37. The van der Waals surface area contributed by atoms with Crippen LogP contribution in [0.2, 0.25) is 0 Å². The topological polar surface area (TPSA) is 145 Å². The summed E-state index contributed by atoms with van der Waals surface area (Å²) in [7, 11) is -2.42. The molecule has 1 aliphatic heterocycles. The number of benzene rings is 1. The van der Waals surface area contributed by atoms with E-state index >= 15 is 0 Å². The Morgan fingerprint density at radius 1 is 1.32 bits per heavy atom. The van der Waals surface area contributed by atoms with Crippen LogP contribution in [0, 0.1) is 0 Å². The van der Waals surface area contributed by atoms with E-state index in [1.54, 1.807) is 0 Å². The molecule has 1 heterocycles. The first-order valence-electron chi connectivity index (χ1n) is 6.29. The van der Waals surface area contributed by atoms with E-state index in [9.17, 15) is 18.0 Å². The van der Waals surface area contributed by atoms with E-state index in [-0.39, 0.29) is 35.3 Å². The highest BCUT2D eigenvalue weighted by atomic mass is 32.2. The fourth-order valence-corrected chi connectivity index (χ4v) is 3.67. The molecule has 0 aromatic heterocycles. The smallest absolute Gasteiger partial charge is 0.312 e. The fourth-order valence-electron chi connectivity index (χ4n) is 2.12. The molecule has 3 amide bonds. The van der Waals surface area contributed by atoms with Crippen molar-refractivity contribution in [3.05, 3.63) is 23.8 Å². The lowest BCUT2D eigenvalue weighted by atomic mass is 10.2. The number of carbonyl (C=O) groups excluding carboxylic acids is 2. The maximum Gasteiger partial charge on any atom is 0.312 e. The third-order valence-corrected chi connectivity index (χ3v) is 5.10. The van der Waals surface area contributed by atoms with E-state index in [1.165, 1.54) is 29.6 Å². The zero-order valence-corrected chi connectivity index (χ0v) is 12.6. The Hall–Kier alpha value is -2.33. The van der Waals surface area contributed by atoms with Crippen molar-refractivity contribution in [1.82, 2.24) is 9.62 Å². The number of hydrogen-bond acceptors (Lipinski definition) is 5. The average Bonchev–Trinajstić information content (AvgIpc) is 2.41. The molecule has 1 aromatic carbocycles. The summed E-state index contributed by atoms with van der Waals surface area (Å²) >= 11 is 0. The first-order valence-corrected chi connectivity index (χ1v) is 7.73. The Morgan fingerprint density at radius 2 is 1.95 bits per heavy atom. The minimum atomic E-state index is -3.77. The SMILES string of the molecule is COc1ccc(S(=O)(=O)N2CC(NC(N)=O)C2)cc1C(N)=O. The normalized spacial score (nSPS) is 15.9. The zero-order valence-electron chi connectivity index (χ0n) is 11.8. The van der Waals surface area contributed by atoms with Crippen LogP contribution in [0.25, 0.3) is 0 Å². The Kier molecular flexibility index (Phi) is 4.24. The maximum absolute atomic E-state index is 12.4. The van der Waals surface area contributed by atoms with Crippen LogP contribution >= 0.6 is 0 Å². The van der Waals surface area contributed by atoms with Gasteiger partial charge in [-0.15, -0.1) is 0 Å². The number of nitrogens with zero attached hydrogens (tertiary/aromatic N) is 1. The van der Waals surface area contributed by atoms with Crippen LogP contribution in [0.4, 0.5) is 4.79 Å². The molecule has 0 aliphatic carbocycles. The van der Waals surface area contributed by atoms with Crippen molar-refractivity contribution in [2.45, 2.75) is 10.9 Å². The molecule has 1 aromatic rings. The number of nitrogens with two attached hydrogens (primary N) is 2. The summed E-state index contributed by atoms with van der Waals surface area (Å²) in [6.45, 7) is 0.229. The van der Waals surface area contributed by atoms with Gasteiger partial charge in [0.15, 0.2) is 0 Å². The third kappa shape index (κ3) is 2.97. The summed E-state index contributed by atoms with van der Waals surface area (Å²) in [4.78, 5) is 22.0. The lowest BCUT2D eigenvalue weighted by molar-refractivity contribution is 0.0997. The number of sulfonamides is 1. The van der Waals surface area contributed by atoms with E-state index < -0.39 is 22.0 Å². The van der Waals surface area contributed by atoms with E-state index in [4.69, 9.17) is 16.2 Å². The molecule has 0 unspecified atom stereocenters. The molecule has 1 saturated heterocycles. The van der Waals surface area contributed by atoms with Crippen molar-refractivity contribution in [2.75, 3.05) is 20.2 Å². The average molecular weight is 328 g/mol. The minimum Gasteiger partial charge on any atom is -0.496 e. The molecule has 1 fully saturated rings. The zero-order chi connectivity index (χ0) is 16.5. The monoisotopic (exact) mass is 328 g/mol. The molecular weight excluding hydrogens is 312 g/mol. The molecule has 0 atom stereocenters. The highest BCUT2D eigenvalue weighted by Crippen LogP contribution is 2.26. The standard InChI is InChI=1S/C12H16N4O5S/c1-21-10-3-2-8(4-9(10)11(13)17)22(19,20)16-5-7(6-16)15-12(14)18/h2-4,7H,5-6H2,1H3,(H2,13,17)(H3,14,15,18). The second-order valence-corrected chi connectivity index (χ2v) is 6.69. The van der Waals surface area contributed by atoms with E-state index in [0.717, 1.165) is 0 Å². The third-order valence-electron chi connectivity index (χ3n) is 3.27. The van der Waals surface area contributed by atoms with Crippen LogP contribution in [-0.4, -0.2) is 50.9 Å².